The molecule has 94 valence electrons. The summed E-state index contributed by atoms with van der Waals surface area (Å²) in [5, 5.41) is 0. The first-order valence-electron chi connectivity index (χ1n) is 4.64. The average Bonchev–Trinajstić information content (AvgIpc) is 2.27. The highest BCUT2D eigenvalue weighted by molar-refractivity contribution is 7.53. The van der Waals surface area contributed by atoms with Crippen LogP contribution in [-0.4, -0.2) is 28.0 Å². The van der Waals surface area contributed by atoms with Crippen molar-refractivity contribution in [3.63, 3.8) is 0 Å². The van der Waals surface area contributed by atoms with Crippen LogP contribution in [0, 0.1) is 0 Å². The fourth-order valence-corrected chi connectivity index (χ4v) is 1.58. The molecule has 1 aromatic rings. The van der Waals surface area contributed by atoms with Gasteiger partial charge in [-0.2, -0.15) is 0 Å². The molecule has 1 aromatic carbocycles. The summed E-state index contributed by atoms with van der Waals surface area (Å²) >= 11 is 0. The zero-order valence-corrected chi connectivity index (χ0v) is 9.62. The van der Waals surface area contributed by atoms with Gasteiger partial charge in [0.2, 0.25) is 0 Å². The van der Waals surface area contributed by atoms with Crippen LogP contribution in [0.4, 0.5) is 0 Å². The molecule has 0 fully saturated rings. The Morgan fingerprint density at radius 2 is 1.94 bits per heavy atom. The lowest BCUT2D eigenvalue weighted by Crippen LogP contribution is -2.32. The third-order valence-electron chi connectivity index (χ3n) is 1.86. The topological polar surface area (TPSA) is 119 Å². The largest absolute Gasteiger partial charge is 0.371 e. The first kappa shape index (κ1) is 13.7. The summed E-state index contributed by atoms with van der Waals surface area (Å²) in [6, 6.07) is 8.05. The maximum Gasteiger partial charge on any atom is 0.371 e. The lowest BCUT2D eigenvalue weighted by Gasteiger charge is -2.13. The van der Waals surface area contributed by atoms with Crippen molar-refractivity contribution in [2.75, 3.05) is 6.54 Å². The summed E-state index contributed by atoms with van der Waals surface area (Å²) in [5.41, 5.74) is 3.36. The number of hydrogen-bond donors (Lipinski definition) is 3. The zero-order valence-electron chi connectivity index (χ0n) is 8.72. The van der Waals surface area contributed by atoms with Gasteiger partial charge in [0.1, 0.15) is 0 Å². The Morgan fingerprint density at radius 1 is 1.35 bits per heavy atom. The second-order valence-electron chi connectivity index (χ2n) is 3.14. The molecule has 1 rings (SSSR count). The summed E-state index contributed by atoms with van der Waals surface area (Å²) in [4.78, 5) is 37.8. The van der Waals surface area contributed by atoms with E-state index in [9.17, 15) is 9.36 Å². The number of carbonyl (C=O) groups is 1. The molecule has 0 amide bonds. The fraction of sp³-hybridized carbons (Fsp3) is 0.222. The Balaban J connectivity index is 2.58. The minimum Gasteiger partial charge on any atom is -0.329 e. The summed E-state index contributed by atoms with van der Waals surface area (Å²) in [6.07, 6.45) is 0. The van der Waals surface area contributed by atoms with Gasteiger partial charge < -0.3 is 15.5 Å². The first-order chi connectivity index (χ1) is 7.95. The highest BCUT2D eigenvalue weighted by Gasteiger charge is 2.37. The molecule has 0 aliphatic carbocycles. The molecule has 1 atom stereocenters. The van der Waals surface area contributed by atoms with Crippen LogP contribution >= 0.6 is 7.60 Å². The molecule has 0 saturated carbocycles. The molecular weight excluding hydrogens is 249 g/mol. The Hall–Kier alpha value is -1.40. The molecular formula is C9H12NO6P. The summed E-state index contributed by atoms with van der Waals surface area (Å²) < 4.78 is 10.9. The van der Waals surface area contributed by atoms with E-state index in [4.69, 9.17) is 15.5 Å². The third-order valence-corrected chi connectivity index (χ3v) is 3.10. The quantitative estimate of drug-likeness (QED) is 0.388. The molecule has 0 aliphatic rings. The van der Waals surface area contributed by atoms with Gasteiger partial charge in [-0.3, -0.25) is 9.45 Å². The van der Waals surface area contributed by atoms with Crippen molar-refractivity contribution in [2.45, 2.75) is 5.66 Å². The van der Waals surface area contributed by atoms with E-state index in [-0.39, 0.29) is 5.75 Å². The Labute approximate surface area is 97.2 Å². The van der Waals surface area contributed by atoms with Crippen LogP contribution in [0.1, 0.15) is 0 Å². The van der Waals surface area contributed by atoms with Gasteiger partial charge in [0, 0.05) is 6.54 Å². The second kappa shape index (κ2) is 5.79. The standard InChI is InChI=1S/C9H12NO6P/c10-6-8(17(12,13)14)9(11)16-15-7-4-2-1-3-5-7/h1-5,8H,6,10H2,(H2,12,13,14). The molecule has 8 heteroatoms. The normalized spacial score (nSPS) is 12.9. The van der Waals surface area contributed by atoms with E-state index in [1.54, 1.807) is 18.2 Å². The van der Waals surface area contributed by atoms with E-state index in [1.807, 2.05) is 0 Å². The fourth-order valence-electron chi connectivity index (χ4n) is 0.992. The molecule has 1 unspecified atom stereocenters. The first-order valence-corrected chi connectivity index (χ1v) is 6.32. The van der Waals surface area contributed by atoms with E-state index < -0.39 is 25.8 Å². The van der Waals surface area contributed by atoms with Crippen LogP contribution in [0.25, 0.3) is 0 Å². The van der Waals surface area contributed by atoms with Gasteiger partial charge in [0.25, 0.3) is 0 Å². The molecule has 17 heavy (non-hydrogen) atoms. The van der Waals surface area contributed by atoms with E-state index in [0.717, 1.165) is 0 Å². The minimum atomic E-state index is -4.63. The van der Waals surface area contributed by atoms with Gasteiger partial charge >= 0.3 is 13.6 Å². The van der Waals surface area contributed by atoms with Crippen molar-refractivity contribution in [3.8, 4) is 5.75 Å². The number of nitrogens with two attached hydrogens (primary N) is 1. The van der Waals surface area contributed by atoms with Crippen molar-refractivity contribution < 1.29 is 28.9 Å². The summed E-state index contributed by atoms with van der Waals surface area (Å²) in [7, 11) is -4.63. The highest BCUT2D eigenvalue weighted by Crippen LogP contribution is 2.41. The van der Waals surface area contributed by atoms with Crippen LogP contribution in [-0.2, 0) is 14.2 Å². The van der Waals surface area contributed by atoms with E-state index in [0.29, 0.717) is 0 Å². The van der Waals surface area contributed by atoms with Crippen molar-refractivity contribution >= 4 is 13.6 Å². The monoisotopic (exact) mass is 261 g/mol. The van der Waals surface area contributed by atoms with Gasteiger partial charge in [0.15, 0.2) is 11.4 Å². The SMILES string of the molecule is NCC(C(=O)OOc1ccccc1)P(=O)(O)O. The van der Waals surface area contributed by atoms with Gasteiger partial charge in [-0.25, -0.2) is 9.68 Å². The smallest absolute Gasteiger partial charge is 0.329 e. The Kier molecular flexibility index (Phi) is 4.65. The van der Waals surface area contributed by atoms with Gasteiger partial charge in [0.05, 0.1) is 0 Å². The third kappa shape index (κ3) is 4.16. The molecule has 0 radical (unpaired) electrons. The second-order valence-corrected chi connectivity index (χ2v) is 4.94. The molecule has 7 nitrogen and oxygen atoms in total. The molecule has 0 aliphatic heterocycles. The van der Waals surface area contributed by atoms with Crippen LogP contribution in [0.2, 0.25) is 0 Å². The van der Waals surface area contributed by atoms with Crippen molar-refractivity contribution in [1.29, 1.82) is 0 Å². The van der Waals surface area contributed by atoms with Crippen molar-refractivity contribution in [2.24, 2.45) is 5.73 Å². The lowest BCUT2D eigenvalue weighted by atomic mass is 10.3. The molecule has 0 heterocycles. The molecule has 0 spiro atoms. The molecule has 0 aromatic heterocycles. The predicted octanol–water partition coefficient (Wildman–Crippen LogP) is 0.0286. The van der Waals surface area contributed by atoms with Gasteiger partial charge in [-0.15, -0.1) is 0 Å². The minimum absolute atomic E-state index is 0.238. The summed E-state index contributed by atoms with van der Waals surface area (Å²) in [5.74, 6) is -0.966. The lowest BCUT2D eigenvalue weighted by molar-refractivity contribution is -0.213. The Morgan fingerprint density at radius 3 is 2.41 bits per heavy atom. The Bertz CT molecular complexity index is 417. The number of rotatable bonds is 5. The van der Waals surface area contributed by atoms with Crippen LogP contribution in [0.15, 0.2) is 30.3 Å². The van der Waals surface area contributed by atoms with E-state index in [2.05, 4.69) is 9.78 Å². The highest BCUT2D eigenvalue weighted by atomic mass is 31.2. The van der Waals surface area contributed by atoms with Crippen LogP contribution in [0.3, 0.4) is 0 Å². The predicted molar refractivity (Wildman–Crippen MR) is 58.0 cm³/mol. The number of carbonyl (C=O) groups excluding carboxylic acids is 1. The number of para-hydroxylation sites is 1. The van der Waals surface area contributed by atoms with Crippen molar-refractivity contribution in [1.82, 2.24) is 0 Å². The average molecular weight is 261 g/mol. The van der Waals surface area contributed by atoms with E-state index in [1.165, 1.54) is 12.1 Å². The van der Waals surface area contributed by atoms with E-state index >= 15 is 0 Å². The van der Waals surface area contributed by atoms with Crippen LogP contribution < -0.4 is 10.6 Å². The van der Waals surface area contributed by atoms with Crippen molar-refractivity contribution in [3.05, 3.63) is 30.3 Å². The molecule has 4 N–H and O–H groups in total. The zero-order chi connectivity index (χ0) is 12.9. The molecule has 0 bridgehead atoms. The number of benzene rings is 1. The van der Waals surface area contributed by atoms with Gasteiger partial charge in [-0.1, -0.05) is 18.2 Å². The summed E-state index contributed by atoms with van der Waals surface area (Å²) in [6.45, 7) is -0.527. The maximum absolute atomic E-state index is 11.3. The molecule has 0 saturated heterocycles. The van der Waals surface area contributed by atoms with Crippen LogP contribution in [0.5, 0.6) is 5.75 Å². The maximum atomic E-state index is 11.3. The van der Waals surface area contributed by atoms with Gasteiger partial charge in [-0.05, 0) is 12.1 Å². The number of hydrogen-bond acceptors (Lipinski definition) is 5.